The second-order valence-corrected chi connectivity index (χ2v) is 7.50. The molecular formula is C21H18ClF3O4. The highest BCUT2D eigenvalue weighted by Gasteiger charge is 2.37. The molecule has 2 atom stereocenters. The topological polar surface area (TPSA) is 44.8 Å². The molecule has 2 aliphatic rings. The SMILES string of the molecule is COC(=O)C[C@@H]1COc2cc(O[C@@H]3CCc4c3ccc(C(F)(F)F)c4Cl)ccc21. The van der Waals surface area contributed by atoms with Gasteiger partial charge in [-0.05, 0) is 36.1 Å². The van der Waals surface area contributed by atoms with E-state index in [0.29, 0.717) is 42.1 Å². The quantitative estimate of drug-likeness (QED) is 0.609. The van der Waals surface area contributed by atoms with E-state index in [1.54, 1.807) is 12.1 Å². The predicted molar refractivity (Wildman–Crippen MR) is 99.5 cm³/mol. The van der Waals surface area contributed by atoms with Crippen molar-refractivity contribution in [3.8, 4) is 11.5 Å². The lowest BCUT2D eigenvalue weighted by atomic mass is 9.98. The highest BCUT2D eigenvalue weighted by atomic mass is 35.5. The van der Waals surface area contributed by atoms with Crippen LogP contribution in [0.25, 0.3) is 0 Å². The van der Waals surface area contributed by atoms with E-state index in [4.69, 9.17) is 25.8 Å². The maximum atomic E-state index is 13.1. The highest BCUT2D eigenvalue weighted by molar-refractivity contribution is 6.32. The first kappa shape index (κ1) is 19.9. The number of benzene rings is 2. The minimum absolute atomic E-state index is 0.0710. The lowest BCUT2D eigenvalue weighted by Gasteiger charge is -2.17. The molecule has 29 heavy (non-hydrogen) atoms. The number of carbonyl (C=O) groups is 1. The molecule has 0 saturated carbocycles. The van der Waals surface area contributed by atoms with Crippen molar-refractivity contribution in [2.45, 2.75) is 37.5 Å². The van der Waals surface area contributed by atoms with Gasteiger partial charge in [0.05, 0.1) is 30.7 Å². The fourth-order valence-corrected chi connectivity index (χ4v) is 4.29. The summed E-state index contributed by atoms with van der Waals surface area (Å²) in [7, 11) is 1.35. The Hall–Kier alpha value is -2.41. The molecule has 1 heterocycles. The molecule has 2 aromatic carbocycles. The first-order valence-corrected chi connectivity index (χ1v) is 9.54. The number of fused-ring (bicyclic) bond motifs is 2. The fourth-order valence-electron chi connectivity index (χ4n) is 3.91. The molecule has 0 saturated heterocycles. The zero-order valence-electron chi connectivity index (χ0n) is 15.5. The van der Waals surface area contributed by atoms with Crippen LogP contribution < -0.4 is 9.47 Å². The van der Waals surface area contributed by atoms with Crippen LogP contribution >= 0.6 is 11.6 Å². The Kier molecular flexibility index (Phi) is 5.11. The lowest BCUT2D eigenvalue weighted by Crippen LogP contribution is -2.09. The van der Waals surface area contributed by atoms with Gasteiger partial charge >= 0.3 is 12.1 Å². The molecular weight excluding hydrogens is 409 g/mol. The maximum Gasteiger partial charge on any atom is 0.417 e. The summed E-state index contributed by atoms with van der Waals surface area (Å²) in [6.45, 7) is 0.385. The molecule has 0 spiro atoms. The van der Waals surface area contributed by atoms with Crippen molar-refractivity contribution in [3.05, 3.63) is 57.6 Å². The van der Waals surface area contributed by atoms with E-state index in [-0.39, 0.29) is 29.4 Å². The van der Waals surface area contributed by atoms with E-state index in [0.717, 1.165) is 11.6 Å². The fraction of sp³-hybridized carbons (Fsp3) is 0.381. The van der Waals surface area contributed by atoms with Crippen LogP contribution in [0, 0.1) is 0 Å². The molecule has 0 fully saturated rings. The van der Waals surface area contributed by atoms with E-state index < -0.39 is 11.7 Å². The Bertz CT molecular complexity index is 958. The Balaban J connectivity index is 1.53. The largest absolute Gasteiger partial charge is 0.492 e. The van der Waals surface area contributed by atoms with Crippen LogP contribution in [0.2, 0.25) is 5.02 Å². The molecule has 1 aliphatic heterocycles. The minimum atomic E-state index is -4.48. The number of rotatable bonds is 4. The van der Waals surface area contributed by atoms with Gasteiger partial charge in [-0.25, -0.2) is 0 Å². The number of ether oxygens (including phenoxy) is 3. The van der Waals surface area contributed by atoms with Crippen molar-refractivity contribution in [1.29, 1.82) is 0 Å². The Morgan fingerprint density at radius 1 is 1.24 bits per heavy atom. The molecule has 0 radical (unpaired) electrons. The molecule has 0 aromatic heterocycles. The van der Waals surface area contributed by atoms with Gasteiger partial charge in [0.25, 0.3) is 0 Å². The van der Waals surface area contributed by atoms with Crippen LogP contribution in [-0.2, 0) is 22.1 Å². The van der Waals surface area contributed by atoms with Gasteiger partial charge in [-0.1, -0.05) is 23.7 Å². The zero-order valence-corrected chi connectivity index (χ0v) is 16.3. The molecule has 4 nitrogen and oxygen atoms in total. The normalized spacial score (nSPS) is 20.0. The number of hydrogen-bond donors (Lipinski definition) is 0. The summed E-state index contributed by atoms with van der Waals surface area (Å²) in [5, 5.41) is -0.246. The average molecular weight is 427 g/mol. The number of esters is 1. The van der Waals surface area contributed by atoms with Gasteiger partial charge in [0.2, 0.25) is 0 Å². The van der Waals surface area contributed by atoms with E-state index in [1.807, 2.05) is 6.07 Å². The smallest absolute Gasteiger partial charge is 0.417 e. The van der Waals surface area contributed by atoms with E-state index >= 15 is 0 Å². The lowest BCUT2D eigenvalue weighted by molar-refractivity contribution is -0.141. The summed E-state index contributed by atoms with van der Waals surface area (Å²) >= 11 is 6.02. The zero-order chi connectivity index (χ0) is 20.8. The summed E-state index contributed by atoms with van der Waals surface area (Å²) in [5.41, 5.74) is 1.25. The standard InChI is InChI=1S/C21H18ClF3O4/c1-27-19(26)8-11-10-28-18-9-12(2-3-13(11)18)29-17-7-5-15-14(17)4-6-16(20(15)22)21(23,24)25/h2-4,6,9,11,17H,5,7-8,10H2,1H3/t11-,17-/m1/s1. The number of alkyl halides is 3. The van der Waals surface area contributed by atoms with Gasteiger partial charge in [0.15, 0.2) is 0 Å². The monoisotopic (exact) mass is 426 g/mol. The van der Waals surface area contributed by atoms with Gasteiger partial charge in [-0.2, -0.15) is 13.2 Å². The number of hydrogen-bond acceptors (Lipinski definition) is 4. The average Bonchev–Trinajstić information content (AvgIpc) is 3.26. The van der Waals surface area contributed by atoms with Gasteiger partial charge in [0, 0.05) is 17.5 Å². The van der Waals surface area contributed by atoms with Crippen molar-refractivity contribution in [1.82, 2.24) is 0 Å². The van der Waals surface area contributed by atoms with Gasteiger partial charge < -0.3 is 14.2 Å². The molecule has 154 valence electrons. The van der Waals surface area contributed by atoms with Crippen molar-refractivity contribution in [3.63, 3.8) is 0 Å². The van der Waals surface area contributed by atoms with Crippen molar-refractivity contribution >= 4 is 17.6 Å². The van der Waals surface area contributed by atoms with Crippen molar-refractivity contribution in [2.75, 3.05) is 13.7 Å². The Morgan fingerprint density at radius 2 is 2.00 bits per heavy atom. The third-order valence-electron chi connectivity index (χ3n) is 5.37. The third kappa shape index (κ3) is 3.75. The van der Waals surface area contributed by atoms with Crippen LogP contribution in [0.3, 0.4) is 0 Å². The van der Waals surface area contributed by atoms with Crippen molar-refractivity contribution < 1.29 is 32.2 Å². The van der Waals surface area contributed by atoms with E-state index in [2.05, 4.69) is 0 Å². The summed E-state index contributed by atoms with van der Waals surface area (Å²) in [4.78, 5) is 11.5. The second kappa shape index (κ2) is 7.44. The minimum Gasteiger partial charge on any atom is -0.492 e. The number of methoxy groups -OCH3 is 1. The van der Waals surface area contributed by atoms with Crippen LogP contribution in [0.5, 0.6) is 11.5 Å². The van der Waals surface area contributed by atoms with Gasteiger partial charge in [-0.3, -0.25) is 4.79 Å². The second-order valence-electron chi connectivity index (χ2n) is 7.13. The van der Waals surface area contributed by atoms with Crippen molar-refractivity contribution in [2.24, 2.45) is 0 Å². The molecule has 4 rings (SSSR count). The molecule has 0 N–H and O–H groups in total. The molecule has 1 aliphatic carbocycles. The number of carbonyl (C=O) groups excluding carboxylic acids is 1. The summed E-state index contributed by atoms with van der Waals surface area (Å²) in [5.74, 6) is 0.819. The highest BCUT2D eigenvalue weighted by Crippen LogP contribution is 2.45. The van der Waals surface area contributed by atoms with Crippen LogP contribution in [0.1, 0.15) is 47.1 Å². The molecule has 0 bridgehead atoms. The van der Waals surface area contributed by atoms with Crippen LogP contribution in [-0.4, -0.2) is 19.7 Å². The molecule has 8 heteroatoms. The Morgan fingerprint density at radius 3 is 2.72 bits per heavy atom. The van der Waals surface area contributed by atoms with Crippen LogP contribution in [0.4, 0.5) is 13.2 Å². The number of halogens is 4. The van der Waals surface area contributed by atoms with Crippen LogP contribution in [0.15, 0.2) is 30.3 Å². The summed E-state index contributed by atoms with van der Waals surface area (Å²) < 4.78 is 55.6. The first-order valence-electron chi connectivity index (χ1n) is 9.16. The van der Waals surface area contributed by atoms with Gasteiger partial charge in [0.1, 0.15) is 17.6 Å². The predicted octanol–water partition coefficient (Wildman–Crippen LogP) is 5.46. The van der Waals surface area contributed by atoms with E-state index in [1.165, 1.54) is 13.2 Å². The summed E-state index contributed by atoms with van der Waals surface area (Å²) in [6.07, 6.45) is -3.66. The molecule has 2 aromatic rings. The first-order chi connectivity index (χ1) is 13.8. The molecule has 0 unspecified atom stereocenters. The third-order valence-corrected chi connectivity index (χ3v) is 5.80. The maximum absolute atomic E-state index is 13.1. The molecule has 0 amide bonds. The Labute approximate surface area is 170 Å². The van der Waals surface area contributed by atoms with E-state index in [9.17, 15) is 18.0 Å². The summed E-state index contributed by atoms with van der Waals surface area (Å²) in [6, 6.07) is 7.82. The van der Waals surface area contributed by atoms with Gasteiger partial charge in [-0.15, -0.1) is 0 Å².